The van der Waals surface area contributed by atoms with Gasteiger partial charge in [-0.25, -0.2) is 4.99 Å². The average molecular weight is 267 g/mol. The molecule has 0 aromatic heterocycles. The molecule has 19 heavy (non-hydrogen) atoms. The van der Waals surface area contributed by atoms with E-state index in [-0.39, 0.29) is 0 Å². The van der Waals surface area contributed by atoms with E-state index in [1.807, 2.05) is 0 Å². The van der Waals surface area contributed by atoms with Gasteiger partial charge in [0.25, 0.3) is 0 Å². The Hall–Kier alpha value is -1.84. The molecule has 0 aliphatic rings. The van der Waals surface area contributed by atoms with Crippen molar-refractivity contribution in [2.45, 2.75) is 26.4 Å². The van der Waals surface area contributed by atoms with Crippen LogP contribution in [-0.2, 0) is 0 Å². The molecule has 0 spiro atoms. The number of hydrogen-bond acceptors (Lipinski definition) is 1. The van der Waals surface area contributed by atoms with Crippen molar-refractivity contribution in [1.82, 2.24) is 0 Å². The van der Waals surface area contributed by atoms with Gasteiger partial charge >= 0.3 is 6.18 Å². The fourth-order valence-electron chi connectivity index (χ4n) is 1.52. The molecule has 4 heteroatoms. The van der Waals surface area contributed by atoms with Crippen LogP contribution >= 0.6 is 0 Å². The van der Waals surface area contributed by atoms with Gasteiger partial charge in [0, 0.05) is 5.71 Å². The predicted molar refractivity (Wildman–Crippen MR) is 73.2 cm³/mol. The van der Waals surface area contributed by atoms with Crippen LogP contribution in [0.3, 0.4) is 0 Å². The zero-order chi connectivity index (χ0) is 14.5. The summed E-state index contributed by atoms with van der Waals surface area (Å²) in [5.74, 6) is 0. The van der Waals surface area contributed by atoms with Gasteiger partial charge in [-0.2, -0.15) is 13.2 Å². The van der Waals surface area contributed by atoms with Gasteiger partial charge in [0.2, 0.25) is 0 Å². The molecule has 0 saturated heterocycles. The Labute approximate surface area is 111 Å². The highest BCUT2D eigenvalue weighted by Gasteiger charge is 2.33. The van der Waals surface area contributed by atoms with Crippen molar-refractivity contribution < 1.29 is 13.2 Å². The highest BCUT2D eigenvalue weighted by atomic mass is 19.4. The number of nitrogens with zero attached hydrogens (tertiary/aromatic N) is 1. The lowest BCUT2D eigenvalue weighted by atomic mass is 10.1. The van der Waals surface area contributed by atoms with E-state index >= 15 is 0 Å². The van der Waals surface area contributed by atoms with Crippen LogP contribution in [0.5, 0.6) is 0 Å². The molecule has 0 saturated carbocycles. The lowest BCUT2D eigenvalue weighted by Crippen LogP contribution is -2.12. The first-order valence-electron chi connectivity index (χ1n) is 5.94. The zero-order valence-electron chi connectivity index (χ0n) is 11.0. The first-order chi connectivity index (χ1) is 8.88. The minimum atomic E-state index is -4.42. The summed E-state index contributed by atoms with van der Waals surface area (Å²) in [7, 11) is 0. The Morgan fingerprint density at radius 1 is 1.26 bits per heavy atom. The standard InChI is InChI=1S/C15H16F3N/c1-4-6-14(15(16,17)18)19-11(3)13-9-7-12(5-2)8-10-13/h5-10H,2,4H2,1,3H3/b14-6-,19-11?. The van der Waals surface area contributed by atoms with E-state index in [0.29, 0.717) is 17.7 Å². The largest absolute Gasteiger partial charge is 0.433 e. The summed E-state index contributed by atoms with van der Waals surface area (Å²) in [4.78, 5) is 3.69. The molecule has 0 aliphatic heterocycles. The van der Waals surface area contributed by atoms with Crippen molar-refractivity contribution >= 4 is 11.8 Å². The second-order valence-electron chi connectivity index (χ2n) is 4.02. The van der Waals surface area contributed by atoms with Crippen molar-refractivity contribution in [3.05, 3.63) is 53.7 Å². The summed E-state index contributed by atoms with van der Waals surface area (Å²) in [6, 6.07) is 7.04. The van der Waals surface area contributed by atoms with Gasteiger partial charge in [-0.3, -0.25) is 0 Å². The van der Waals surface area contributed by atoms with E-state index in [1.54, 1.807) is 44.2 Å². The van der Waals surface area contributed by atoms with Crippen LogP contribution in [0.15, 0.2) is 47.6 Å². The summed E-state index contributed by atoms with van der Waals surface area (Å²) in [6.07, 6.45) is -1.37. The maximum atomic E-state index is 12.7. The molecule has 0 heterocycles. The van der Waals surface area contributed by atoms with E-state index in [4.69, 9.17) is 0 Å². The third kappa shape index (κ3) is 4.39. The molecule has 1 rings (SSSR count). The normalized spacial score (nSPS) is 13.5. The molecule has 0 fully saturated rings. The molecule has 0 aliphatic carbocycles. The van der Waals surface area contributed by atoms with Crippen LogP contribution in [0.1, 0.15) is 31.4 Å². The zero-order valence-corrected chi connectivity index (χ0v) is 11.0. The maximum Gasteiger partial charge on any atom is 0.433 e. The SMILES string of the molecule is C=Cc1ccc(C(C)=N/C(=C\CC)C(F)(F)F)cc1. The van der Waals surface area contributed by atoms with Crippen LogP contribution in [0, 0.1) is 0 Å². The smallest absolute Gasteiger partial charge is 0.248 e. The molecule has 1 nitrogen and oxygen atoms in total. The van der Waals surface area contributed by atoms with E-state index in [9.17, 15) is 13.2 Å². The summed E-state index contributed by atoms with van der Waals surface area (Å²) < 4.78 is 38.1. The number of benzene rings is 1. The van der Waals surface area contributed by atoms with Gasteiger partial charge in [0.1, 0.15) is 5.70 Å². The van der Waals surface area contributed by atoms with Gasteiger partial charge in [0.05, 0.1) is 0 Å². The fraction of sp³-hybridized carbons (Fsp3) is 0.267. The van der Waals surface area contributed by atoms with Crippen molar-refractivity contribution in [1.29, 1.82) is 0 Å². The Bertz CT molecular complexity index is 493. The van der Waals surface area contributed by atoms with Gasteiger partial charge in [0.15, 0.2) is 0 Å². The van der Waals surface area contributed by atoms with E-state index in [1.165, 1.54) is 0 Å². The molecule has 0 unspecified atom stereocenters. The lowest BCUT2D eigenvalue weighted by molar-refractivity contribution is -0.0925. The van der Waals surface area contributed by atoms with Gasteiger partial charge in [-0.1, -0.05) is 49.9 Å². The van der Waals surface area contributed by atoms with Crippen LogP contribution in [-0.4, -0.2) is 11.9 Å². The third-order valence-corrected chi connectivity index (χ3v) is 2.54. The van der Waals surface area contributed by atoms with Gasteiger partial charge in [-0.05, 0) is 24.5 Å². The molecular weight excluding hydrogens is 251 g/mol. The Balaban J connectivity index is 3.08. The molecule has 0 N–H and O–H groups in total. The first kappa shape index (κ1) is 15.2. The summed E-state index contributed by atoms with van der Waals surface area (Å²) in [5.41, 5.74) is 1.07. The van der Waals surface area contributed by atoms with E-state index in [2.05, 4.69) is 11.6 Å². The second kappa shape index (κ2) is 6.36. The quantitative estimate of drug-likeness (QED) is 0.681. The number of hydrogen-bond donors (Lipinski definition) is 0. The monoisotopic (exact) mass is 267 g/mol. The maximum absolute atomic E-state index is 12.7. The fourth-order valence-corrected chi connectivity index (χ4v) is 1.52. The van der Waals surface area contributed by atoms with Crippen molar-refractivity contribution in [2.75, 3.05) is 0 Å². The van der Waals surface area contributed by atoms with Crippen LogP contribution < -0.4 is 0 Å². The van der Waals surface area contributed by atoms with Gasteiger partial charge in [-0.15, -0.1) is 0 Å². The summed E-state index contributed by atoms with van der Waals surface area (Å²) in [6.45, 7) is 6.84. The highest BCUT2D eigenvalue weighted by Crippen LogP contribution is 2.27. The van der Waals surface area contributed by atoms with Crippen molar-refractivity contribution in [3.8, 4) is 0 Å². The molecule has 1 aromatic rings. The van der Waals surface area contributed by atoms with Crippen molar-refractivity contribution in [3.63, 3.8) is 0 Å². The number of aliphatic imine (C=N–C) groups is 1. The molecular formula is C15H16F3N. The molecule has 102 valence electrons. The predicted octanol–water partition coefficient (Wildman–Crippen LogP) is 4.99. The Kier molecular flexibility index (Phi) is 5.10. The van der Waals surface area contributed by atoms with Crippen LogP contribution in [0.4, 0.5) is 13.2 Å². The summed E-state index contributed by atoms with van der Waals surface area (Å²) in [5, 5.41) is 0. The molecule has 0 radical (unpaired) electrons. The topological polar surface area (TPSA) is 12.4 Å². The highest BCUT2D eigenvalue weighted by molar-refractivity contribution is 5.99. The van der Waals surface area contributed by atoms with Crippen LogP contribution in [0.25, 0.3) is 6.08 Å². The van der Waals surface area contributed by atoms with Crippen LogP contribution in [0.2, 0.25) is 0 Å². The molecule has 0 amide bonds. The Morgan fingerprint density at radius 2 is 1.84 bits per heavy atom. The molecule has 0 atom stereocenters. The number of allylic oxidation sites excluding steroid dienone is 2. The summed E-state index contributed by atoms with van der Waals surface area (Å²) >= 11 is 0. The second-order valence-corrected chi connectivity index (χ2v) is 4.02. The minimum Gasteiger partial charge on any atom is -0.248 e. The Morgan fingerprint density at radius 3 is 2.26 bits per heavy atom. The molecule has 0 bridgehead atoms. The van der Waals surface area contributed by atoms with Gasteiger partial charge < -0.3 is 0 Å². The minimum absolute atomic E-state index is 0.293. The van der Waals surface area contributed by atoms with E-state index < -0.39 is 11.9 Å². The third-order valence-electron chi connectivity index (χ3n) is 2.54. The van der Waals surface area contributed by atoms with Crippen molar-refractivity contribution in [2.24, 2.45) is 4.99 Å². The number of rotatable bonds is 4. The molecule has 1 aromatic carbocycles. The number of halogens is 3. The number of alkyl halides is 3. The van der Waals surface area contributed by atoms with E-state index in [0.717, 1.165) is 11.6 Å². The lowest BCUT2D eigenvalue weighted by Gasteiger charge is -2.09. The first-order valence-corrected chi connectivity index (χ1v) is 5.94. The average Bonchev–Trinajstić information content (AvgIpc) is 2.37.